The van der Waals surface area contributed by atoms with Crippen LogP contribution in [0.2, 0.25) is 0 Å². The van der Waals surface area contributed by atoms with Crippen LogP contribution in [0.1, 0.15) is 17.2 Å². The molecule has 0 bridgehead atoms. The van der Waals surface area contributed by atoms with Crippen molar-refractivity contribution in [2.45, 2.75) is 12.6 Å². The number of halogens is 2. The lowest BCUT2D eigenvalue weighted by atomic mass is 10.1. The second kappa shape index (κ2) is 7.15. The van der Waals surface area contributed by atoms with Gasteiger partial charge >= 0.3 is 0 Å². The maximum Gasteiger partial charge on any atom is 0.163 e. The van der Waals surface area contributed by atoms with E-state index in [2.05, 4.69) is 5.32 Å². The van der Waals surface area contributed by atoms with Crippen molar-refractivity contribution in [1.82, 2.24) is 5.32 Å². The summed E-state index contributed by atoms with van der Waals surface area (Å²) < 4.78 is 31.6. The molecule has 1 unspecified atom stereocenters. The van der Waals surface area contributed by atoms with Gasteiger partial charge in [-0.05, 0) is 23.8 Å². The van der Waals surface area contributed by atoms with Crippen molar-refractivity contribution < 1.29 is 18.6 Å². The first-order valence-electron chi connectivity index (χ1n) is 6.57. The molecule has 2 N–H and O–H groups in total. The van der Waals surface area contributed by atoms with Gasteiger partial charge in [0.1, 0.15) is 5.75 Å². The first-order valence-corrected chi connectivity index (χ1v) is 6.57. The maximum atomic E-state index is 13.5. The predicted octanol–water partition coefficient (Wildman–Crippen LogP) is 2.80. The molecule has 0 aliphatic heterocycles. The van der Waals surface area contributed by atoms with E-state index in [0.29, 0.717) is 11.3 Å². The molecule has 112 valence electrons. The third-order valence-electron chi connectivity index (χ3n) is 3.16. The van der Waals surface area contributed by atoms with Crippen LogP contribution in [0.4, 0.5) is 8.78 Å². The molecule has 0 aromatic heterocycles. The quantitative estimate of drug-likeness (QED) is 0.860. The Kier molecular flexibility index (Phi) is 5.25. The van der Waals surface area contributed by atoms with Crippen LogP contribution in [0.5, 0.6) is 5.75 Å². The zero-order valence-corrected chi connectivity index (χ0v) is 11.6. The summed E-state index contributed by atoms with van der Waals surface area (Å²) in [6.07, 6.45) is -0.753. The Hall–Kier alpha value is -1.98. The molecule has 0 fully saturated rings. The minimum absolute atomic E-state index is 0.143. The van der Waals surface area contributed by atoms with Gasteiger partial charge in [0.2, 0.25) is 0 Å². The van der Waals surface area contributed by atoms with Crippen molar-refractivity contribution in [3.05, 3.63) is 65.2 Å². The van der Waals surface area contributed by atoms with E-state index in [1.807, 2.05) is 0 Å². The van der Waals surface area contributed by atoms with Gasteiger partial charge in [-0.25, -0.2) is 8.78 Å². The molecule has 5 heteroatoms. The summed E-state index contributed by atoms with van der Waals surface area (Å²) in [5.41, 5.74) is 0.925. The summed E-state index contributed by atoms with van der Waals surface area (Å²) in [6.45, 7) is 0.369. The number of aliphatic hydroxyl groups is 1. The fraction of sp³-hybridized carbons (Fsp3) is 0.250. The van der Waals surface area contributed by atoms with Crippen molar-refractivity contribution in [3.8, 4) is 5.75 Å². The number of hydrogen-bond donors (Lipinski definition) is 2. The van der Waals surface area contributed by atoms with Gasteiger partial charge in [0.15, 0.2) is 11.6 Å². The van der Waals surface area contributed by atoms with Gasteiger partial charge in [-0.15, -0.1) is 0 Å². The lowest BCUT2D eigenvalue weighted by Gasteiger charge is -2.13. The van der Waals surface area contributed by atoms with E-state index >= 15 is 0 Å². The van der Waals surface area contributed by atoms with Crippen LogP contribution in [-0.4, -0.2) is 18.8 Å². The van der Waals surface area contributed by atoms with Crippen molar-refractivity contribution >= 4 is 0 Å². The zero-order chi connectivity index (χ0) is 15.2. The van der Waals surface area contributed by atoms with E-state index in [1.165, 1.54) is 12.1 Å². The van der Waals surface area contributed by atoms with Gasteiger partial charge in [0, 0.05) is 18.7 Å². The van der Waals surface area contributed by atoms with E-state index in [-0.39, 0.29) is 18.7 Å². The molecule has 0 amide bonds. The van der Waals surface area contributed by atoms with Crippen molar-refractivity contribution in [2.24, 2.45) is 0 Å². The number of hydrogen-bond acceptors (Lipinski definition) is 3. The maximum absolute atomic E-state index is 13.5. The van der Waals surface area contributed by atoms with Gasteiger partial charge in [-0.1, -0.05) is 24.3 Å². The highest BCUT2D eigenvalue weighted by atomic mass is 19.2. The largest absolute Gasteiger partial charge is 0.497 e. The van der Waals surface area contributed by atoms with Crippen LogP contribution in [0.15, 0.2) is 42.5 Å². The molecule has 0 spiro atoms. The van der Waals surface area contributed by atoms with Gasteiger partial charge < -0.3 is 15.2 Å². The van der Waals surface area contributed by atoms with Crippen LogP contribution < -0.4 is 10.1 Å². The third kappa shape index (κ3) is 4.00. The number of methoxy groups -OCH3 is 1. The fourth-order valence-electron chi connectivity index (χ4n) is 2.00. The molecule has 3 nitrogen and oxygen atoms in total. The topological polar surface area (TPSA) is 41.5 Å². The molecular formula is C16H17F2NO2. The number of aliphatic hydroxyl groups excluding tert-OH is 1. The molecule has 0 saturated heterocycles. The van der Waals surface area contributed by atoms with E-state index in [9.17, 15) is 13.9 Å². The fourth-order valence-corrected chi connectivity index (χ4v) is 2.00. The monoisotopic (exact) mass is 293 g/mol. The smallest absolute Gasteiger partial charge is 0.163 e. The number of benzene rings is 2. The Morgan fingerprint density at radius 2 is 1.95 bits per heavy atom. The van der Waals surface area contributed by atoms with Crippen molar-refractivity contribution in [1.29, 1.82) is 0 Å². The molecule has 1 atom stereocenters. The molecule has 0 aliphatic carbocycles. The Morgan fingerprint density at radius 1 is 1.19 bits per heavy atom. The first kappa shape index (κ1) is 15.4. The highest BCUT2D eigenvalue weighted by molar-refractivity contribution is 5.30. The molecule has 2 aromatic rings. The predicted molar refractivity (Wildman–Crippen MR) is 76.0 cm³/mol. The SMILES string of the molecule is COc1cccc(C(O)CNCc2cccc(F)c2F)c1. The Labute approximate surface area is 122 Å². The summed E-state index contributed by atoms with van der Waals surface area (Å²) in [7, 11) is 1.55. The molecule has 0 radical (unpaired) electrons. The minimum Gasteiger partial charge on any atom is -0.497 e. The second-order valence-electron chi connectivity index (χ2n) is 4.64. The summed E-state index contributed by atoms with van der Waals surface area (Å²) in [6, 6.07) is 11.1. The lowest BCUT2D eigenvalue weighted by molar-refractivity contribution is 0.174. The van der Waals surface area contributed by atoms with E-state index in [4.69, 9.17) is 4.74 Å². The highest BCUT2D eigenvalue weighted by Crippen LogP contribution is 2.18. The summed E-state index contributed by atoms with van der Waals surface area (Å²) >= 11 is 0. The van der Waals surface area contributed by atoms with Crippen LogP contribution in [0, 0.1) is 11.6 Å². The first-order chi connectivity index (χ1) is 10.1. The summed E-state index contributed by atoms with van der Waals surface area (Å²) in [4.78, 5) is 0. The Bertz CT molecular complexity index is 605. The normalized spacial score (nSPS) is 12.2. The highest BCUT2D eigenvalue weighted by Gasteiger charge is 2.10. The summed E-state index contributed by atoms with van der Waals surface area (Å²) in [5.74, 6) is -1.08. The Morgan fingerprint density at radius 3 is 2.71 bits per heavy atom. The van der Waals surface area contributed by atoms with E-state index in [0.717, 1.165) is 6.07 Å². The number of rotatable bonds is 6. The minimum atomic E-state index is -0.873. The molecule has 21 heavy (non-hydrogen) atoms. The standard InChI is InChI=1S/C16H17F2NO2/c1-21-13-6-2-4-11(8-13)15(20)10-19-9-12-5-3-7-14(17)16(12)18/h2-8,15,19-20H,9-10H2,1H3. The molecule has 0 saturated carbocycles. The number of nitrogens with one attached hydrogen (secondary N) is 1. The molecule has 0 heterocycles. The van der Waals surface area contributed by atoms with Gasteiger partial charge in [0.25, 0.3) is 0 Å². The molecule has 2 rings (SSSR count). The van der Waals surface area contributed by atoms with Crippen LogP contribution >= 0.6 is 0 Å². The average molecular weight is 293 g/mol. The van der Waals surface area contributed by atoms with Crippen LogP contribution in [0.3, 0.4) is 0 Å². The van der Waals surface area contributed by atoms with Crippen LogP contribution in [-0.2, 0) is 6.54 Å². The Balaban J connectivity index is 1.92. The second-order valence-corrected chi connectivity index (χ2v) is 4.64. The molecular weight excluding hydrogens is 276 g/mol. The van der Waals surface area contributed by atoms with E-state index in [1.54, 1.807) is 31.4 Å². The summed E-state index contributed by atoms with van der Waals surface area (Å²) in [5, 5.41) is 13.0. The van der Waals surface area contributed by atoms with Gasteiger partial charge in [-0.3, -0.25) is 0 Å². The van der Waals surface area contributed by atoms with Gasteiger partial charge in [-0.2, -0.15) is 0 Å². The lowest BCUT2D eigenvalue weighted by Crippen LogP contribution is -2.21. The van der Waals surface area contributed by atoms with Crippen molar-refractivity contribution in [2.75, 3.05) is 13.7 Å². The van der Waals surface area contributed by atoms with Crippen LogP contribution in [0.25, 0.3) is 0 Å². The zero-order valence-electron chi connectivity index (χ0n) is 11.6. The van der Waals surface area contributed by atoms with Crippen molar-refractivity contribution in [3.63, 3.8) is 0 Å². The molecule has 2 aromatic carbocycles. The average Bonchev–Trinajstić information content (AvgIpc) is 2.51. The molecule has 0 aliphatic rings. The van der Waals surface area contributed by atoms with E-state index < -0.39 is 17.7 Å². The third-order valence-corrected chi connectivity index (χ3v) is 3.16. The number of ether oxygens (including phenoxy) is 1. The van der Waals surface area contributed by atoms with Gasteiger partial charge in [0.05, 0.1) is 13.2 Å².